The molecule has 0 bridgehead atoms. The Morgan fingerprint density at radius 2 is 2.24 bits per heavy atom. The van der Waals surface area contributed by atoms with Gasteiger partial charge in [0, 0.05) is 23.5 Å². The molecule has 2 aromatic rings. The molecule has 5 heteroatoms. The zero-order chi connectivity index (χ0) is 12.3. The Bertz CT molecular complexity index is 513. The van der Waals surface area contributed by atoms with E-state index < -0.39 is 0 Å². The number of benzene rings is 1. The maximum atomic E-state index is 13.6. The van der Waals surface area contributed by atoms with Gasteiger partial charge in [0.25, 0.3) is 0 Å². The topological polar surface area (TPSA) is 24.9 Å². The third-order valence-electron chi connectivity index (χ3n) is 2.48. The summed E-state index contributed by atoms with van der Waals surface area (Å²) < 4.78 is 13.6. The van der Waals surface area contributed by atoms with Gasteiger partial charge in [-0.2, -0.15) is 0 Å². The van der Waals surface area contributed by atoms with Crippen LogP contribution in [0.25, 0.3) is 0 Å². The quantitative estimate of drug-likeness (QED) is 0.919. The first kappa shape index (κ1) is 12.5. The minimum atomic E-state index is -0.345. The average Bonchev–Trinajstić information content (AvgIpc) is 2.71. The van der Waals surface area contributed by atoms with Gasteiger partial charge in [-0.05, 0) is 13.0 Å². The van der Waals surface area contributed by atoms with Gasteiger partial charge in [0.1, 0.15) is 5.82 Å². The van der Waals surface area contributed by atoms with Gasteiger partial charge >= 0.3 is 0 Å². The van der Waals surface area contributed by atoms with E-state index in [1.165, 1.54) is 4.88 Å². The summed E-state index contributed by atoms with van der Waals surface area (Å²) in [5.74, 6) is -0.345. The van der Waals surface area contributed by atoms with Crippen molar-refractivity contribution >= 4 is 22.9 Å². The van der Waals surface area contributed by atoms with Crippen LogP contribution in [-0.2, 0) is 13.1 Å². The summed E-state index contributed by atoms with van der Waals surface area (Å²) in [5.41, 5.74) is 3.42. The van der Waals surface area contributed by atoms with Gasteiger partial charge in [0.15, 0.2) is 0 Å². The lowest BCUT2D eigenvalue weighted by atomic mass is 10.2. The van der Waals surface area contributed by atoms with Crippen LogP contribution < -0.4 is 5.32 Å². The van der Waals surface area contributed by atoms with E-state index in [9.17, 15) is 4.39 Å². The summed E-state index contributed by atoms with van der Waals surface area (Å²) in [7, 11) is 0. The number of aryl methyl sites for hydroxylation is 1. The average molecular weight is 271 g/mol. The summed E-state index contributed by atoms with van der Waals surface area (Å²) in [5, 5.41) is 3.35. The van der Waals surface area contributed by atoms with E-state index in [1.54, 1.807) is 29.5 Å². The van der Waals surface area contributed by atoms with Crippen LogP contribution in [-0.4, -0.2) is 4.98 Å². The molecular formula is C12H12ClFN2S. The van der Waals surface area contributed by atoms with Gasteiger partial charge in [-0.3, -0.25) is 0 Å². The smallest absolute Gasteiger partial charge is 0.146 e. The lowest BCUT2D eigenvalue weighted by Crippen LogP contribution is -2.13. The molecule has 0 aliphatic carbocycles. The van der Waals surface area contributed by atoms with Crippen LogP contribution in [0.15, 0.2) is 23.7 Å². The third kappa shape index (κ3) is 3.03. The molecule has 1 N–H and O–H groups in total. The first-order valence-corrected chi connectivity index (χ1v) is 6.47. The molecule has 0 amide bonds. The van der Waals surface area contributed by atoms with Crippen LogP contribution in [0.5, 0.6) is 0 Å². The van der Waals surface area contributed by atoms with Gasteiger partial charge in [-0.15, -0.1) is 11.3 Å². The van der Waals surface area contributed by atoms with Crippen LogP contribution in [0.3, 0.4) is 0 Å². The molecule has 1 aromatic carbocycles. The van der Waals surface area contributed by atoms with Crippen molar-refractivity contribution in [1.29, 1.82) is 0 Å². The Hall–Kier alpha value is -0.970. The summed E-state index contributed by atoms with van der Waals surface area (Å²) in [6, 6.07) is 5.03. The molecule has 0 unspecified atom stereocenters. The number of hydrogen-bond donors (Lipinski definition) is 1. The molecule has 1 heterocycles. The summed E-state index contributed by atoms with van der Waals surface area (Å²) in [6.45, 7) is 3.12. The van der Waals surface area contributed by atoms with Gasteiger partial charge in [-0.1, -0.05) is 23.7 Å². The molecule has 0 atom stereocenters. The lowest BCUT2D eigenvalue weighted by molar-refractivity contribution is 0.589. The highest BCUT2D eigenvalue weighted by Crippen LogP contribution is 2.18. The van der Waals surface area contributed by atoms with Gasteiger partial charge < -0.3 is 5.32 Å². The fraction of sp³-hybridized carbons (Fsp3) is 0.250. The van der Waals surface area contributed by atoms with Crippen molar-refractivity contribution in [3.63, 3.8) is 0 Å². The summed E-state index contributed by atoms with van der Waals surface area (Å²) >= 11 is 7.31. The minimum Gasteiger partial charge on any atom is -0.308 e. The molecule has 0 aliphatic heterocycles. The maximum Gasteiger partial charge on any atom is 0.146 e. The molecular weight excluding hydrogens is 259 g/mol. The van der Waals surface area contributed by atoms with Crippen molar-refractivity contribution in [3.8, 4) is 0 Å². The number of rotatable bonds is 4. The Morgan fingerprint density at radius 1 is 1.41 bits per heavy atom. The standard InChI is InChI=1S/C12H12ClFN2S/c1-8-11(17-7-16-8)6-15-5-9-3-2-4-10(13)12(9)14/h2-4,7,15H,5-6H2,1H3. The Balaban J connectivity index is 1.95. The lowest BCUT2D eigenvalue weighted by Gasteiger charge is -2.06. The molecule has 0 spiro atoms. The first-order valence-electron chi connectivity index (χ1n) is 5.21. The fourth-order valence-electron chi connectivity index (χ4n) is 1.49. The second kappa shape index (κ2) is 5.58. The zero-order valence-electron chi connectivity index (χ0n) is 9.34. The molecule has 2 rings (SSSR count). The molecule has 0 saturated heterocycles. The largest absolute Gasteiger partial charge is 0.308 e. The molecule has 0 fully saturated rings. The van der Waals surface area contributed by atoms with Crippen molar-refractivity contribution in [2.45, 2.75) is 20.0 Å². The van der Waals surface area contributed by atoms with Gasteiger partial charge in [-0.25, -0.2) is 9.37 Å². The van der Waals surface area contributed by atoms with Crippen molar-refractivity contribution < 1.29 is 4.39 Å². The summed E-state index contributed by atoms with van der Waals surface area (Å²) in [6.07, 6.45) is 0. The maximum absolute atomic E-state index is 13.6. The number of aromatic nitrogens is 1. The van der Waals surface area contributed by atoms with Crippen LogP contribution in [0.1, 0.15) is 16.1 Å². The normalized spacial score (nSPS) is 10.8. The van der Waals surface area contributed by atoms with E-state index in [1.807, 2.05) is 12.4 Å². The van der Waals surface area contributed by atoms with Crippen LogP contribution in [0.4, 0.5) is 4.39 Å². The van der Waals surface area contributed by atoms with E-state index in [-0.39, 0.29) is 10.8 Å². The van der Waals surface area contributed by atoms with E-state index in [0.717, 1.165) is 5.69 Å². The molecule has 17 heavy (non-hydrogen) atoms. The van der Waals surface area contributed by atoms with Crippen molar-refractivity contribution in [3.05, 3.63) is 50.7 Å². The number of nitrogens with zero attached hydrogens (tertiary/aromatic N) is 1. The fourth-order valence-corrected chi connectivity index (χ4v) is 2.43. The van der Waals surface area contributed by atoms with Crippen LogP contribution in [0, 0.1) is 12.7 Å². The van der Waals surface area contributed by atoms with E-state index in [0.29, 0.717) is 18.7 Å². The highest BCUT2D eigenvalue weighted by Gasteiger charge is 2.06. The molecule has 1 aromatic heterocycles. The molecule has 0 aliphatic rings. The van der Waals surface area contributed by atoms with Crippen LogP contribution in [0.2, 0.25) is 5.02 Å². The minimum absolute atomic E-state index is 0.165. The highest BCUT2D eigenvalue weighted by atomic mass is 35.5. The number of halogens is 2. The van der Waals surface area contributed by atoms with E-state index in [4.69, 9.17) is 11.6 Å². The Kier molecular flexibility index (Phi) is 4.10. The molecule has 0 radical (unpaired) electrons. The summed E-state index contributed by atoms with van der Waals surface area (Å²) in [4.78, 5) is 5.33. The predicted molar refractivity (Wildman–Crippen MR) is 68.8 cm³/mol. The third-order valence-corrected chi connectivity index (χ3v) is 3.70. The number of nitrogens with one attached hydrogen (secondary N) is 1. The second-order valence-corrected chi connectivity index (χ2v) is 5.02. The highest BCUT2D eigenvalue weighted by molar-refractivity contribution is 7.09. The number of hydrogen-bond acceptors (Lipinski definition) is 3. The van der Waals surface area contributed by atoms with E-state index >= 15 is 0 Å². The molecule has 90 valence electrons. The second-order valence-electron chi connectivity index (χ2n) is 3.68. The Labute approximate surface area is 108 Å². The first-order chi connectivity index (χ1) is 8.18. The molecule has 2 nitrogen and oxygen atoms in total. The zero-order valence-corrected chi connectivity index (χ0v) is 10.9. The van der Waals surface area contributed by atoms with Gasteiger partial charge in [0.2, 0.25) is 0 Å². The van der Waals surface area contributed by atoms with E-state index in [2.05, 4.69) is 10.3 Å². The van der Waals surface area contributed by atoms with Crippen molar-refractivity contribution in [2.24, 2.45) is 0 Å². The number of thiazole rings is 1. The van der Waals surface area contributed by atoms with Crippen molar-refractivity contribution in [2.75, 3.05) is 0 Å². The van der Waals surface area contributed by atoms with Crippen LogP contribution >= 0.6 is 22.9 Å². The van der Waals surface area contributed by atoms with Gasteiger partial charge in [0.05, 0.1) is 16.2 Å². The molecule has 0 saturated carbocycles. The Morgan fingerprint density at radius 3 is 2.94 bits per heavy atom. The monoisotopic (exact) mass is 270 g/mol. The van der Waals surface area contributed by atoms with Crippen molar-refractivity contribution in [1.82, 2.24) is 10.3 Å². The SMILES string of the molecule is Cc1ncsc1CNCc1cccc(Cl)c1F. The predicted octanol–water partition coefficient (Wildman–Crippen LogP) is 3.53.